The third-order valence-electron chi connectivity index (χ3n) is 3.91. The van der Waals surface area contributed by atoms with E-state index in [9.17, 15) is 4.79 Å². The van der Waals surface area contributed by atoms with E-state index in [1.165, 1.54) is 0 Å². The van der Waals surface area contributed by atoms with Crippen LogP contribution >= 0.6 is 11.3 Å². The third-order valence-corrected chi connectivity index (χ3v) is 4.83. The first-order valence-electron chi connectivity index (χ1n) is 7.14. The number of hydrogen-bond donors (Lipinski definition) is 0. The van der Waals surface area contributed by atoms with Crippen molar-refractivity contribution < 1.29 is 4.79 Å². The Morgan fingerprint density at radius 3 is 2.57 bits per heavy atom. The standard InChI is InChI=1S/C15H18N4OS/c1-10-18-9-13(21-10)15-14(16-5-6-17-15)12-3-7-19(8-4-12)11(2)20/h5-6,9,12H,3-4,7-8H2,1-2H3. The van der Waals surface area contributed by atoms with E-state index >= 15 is 0 Å². The number of carbonyl (C=O) groups excluding carboxylic acids is 1. The average molecular weight is 302 g/mol. The molecule has 2 aromatic rings. The Morgan fingerprint density at radius 2 is 1.95 bits per heavy atom. The van der Waals surface area contributed by atoms with Crippen LogP contribution in [0.3, 0.4) is 0 Å². The van der Waals surface area contributed by atoms with Crippen LogP contribution in [0.4, 0.5) is 0 Å². The molecule has 1 saturated heterocycles. The zero-order valence-electron chi connectivity index (χ0n) is 12.2. The summed E-state index contributed by atoms with van der Waals surface area (Å²) >= 11 is 1.65. The van der Waals surface area contributed by atoms with Gasteiger partial charge in [-0.25, -0.2) is 4.98 Å². The maximum absolute atomic E-state index is 11.4. The first-order chi connectivity index (χ1) is 10.1. The van der Waals surface area contributed by atoms with Gasteiger partial charge in [0.2, 0.25) is 5.91 Å². The van der Waals surface area contributed by atoms with E-state index in [4.69, 9.17) is 0 Å². The first kappa shape index (κ1) is 14.1. The summed E-state index contributed by atoms with van der Waals surface area (Å²) < 4.78 is 0. The minimum atomic E-state index is 0.158. The molecular weight excluding hydrogens is 284 g/mol. The molecule has 1 aliphatic heterocycles. The molecule has 0 aromatic carbocycles. The second-order valence-corrected chi connectivity index (χ2v) is 6.55. The molecule has 110 valence electrons. The van der Waals surface area contributed by atoms with Gasteiger partial charge in [0, 0.05) is 44.5 Å². The Labute approximate surface area is 128 Å². The van der Waals surface area contributed by atoms with Gasteiger partial charge in [-0.1, -0.05) is 0 Å². The smallest absolute Gasteiger partial charge is 0.219 e. The van der Waals surface area contributed by atoms with E-state index in [2.05, 4.69) is 15.0 Å². The SMILES string of the molecule is CC(=O)N1CCC(c2nccnc2-c2cnc(C)s2)CC1. The number of carbonyl (C=O) groups is 1. The normalized spacial score (nSPS) is 16.2. The van der Waals surface area contributed by atoms with E-state index in [1.807, 2.05) is 18.0 Å². The van der Waals surface area contributed by atoms with Crippen molar-refractivity contribution in [2.75, 3.05) is 13.1 Å². The lowest BCUT2D eigenvalue weighted by atomic mass is 9.91. The summed E-state index contributed by atoms with van der Waals surface area (Å²) in [5.74, 6) is 0.526. The second-order valence-electron chi connectivity index (χ2n) is 5.31. The lowest BCUT2D eigenvalue weighted by Gasteiger charge is -2.31. The highest BCUT2D eigenvalue weighted by atomic mass is 32.1. The van der Waals surface area contributed by atoms with Crippen molar-refractivity contribution in [3.63, 3.8) is 0 Å². The Balaban J connectivity index is 1.85. The van der Waals surface area contributed by atoms with Crippen molar-refractivity contribution in [2.24, 2.45) is 0 Å². The summed E-state index contributed by atoms with van der Waals surface area (Å²) in [7, 11) is 0. The van der Waals surface area contributed by atoms with Crippen LogP contribution in [0.1, 0.15) is 36.4 Å². The van der Waals surface area contributed by atoms with Gasteiger partial charge in [0.25, 0.3) is 0 Å². The van der Waals surface area contributed by atoms with Crippen molar-refractivity contribution in [1.29, 1.82) is 0 Å². The molecule has 1 aliphatic rings. The summed E-state index contributed by atoms with van der Waals surface area (Å²) in [6.07, 6.45) is 7.26. The monoisotopic (exact) mass is 302 g/mol. The number of piperidine rings is 1. The zero-order chi connectivity index (χ0) is 14.8. The highest BCUT2D eigenvalue weighted by Gasteiger charge is 2.26. The van der Waals surface area contributed by atoms with Crippen molar-refractivity contribution in [2.45, 2.75) is 32.6 Å². The van der Waals surface area contributed by atoms with Crippen LogP contribution in [0.2, 0.25) is 0 Å². The molecule has 0 N–H and O–H groups in total. The van der Waals surface area contributed by atoms with E-state index < -0.39 is 0 Å². The summed E-state index contributed by atoms with van der Waals surface area (Å²) in [5, 5.41) is 1.04. The quantitative estimate of drug-likeness (QED) is 0.855. The molecule has 0 atom stereocenters. The number of aryl methyl sites for hydroxylation is 1. The number of likely N-dealkylation sites (tertiary alicyclic amines) is 1. The van der Waals surface area contributed by atoms with Gasteiger partial charge in [-0.15, -0.1) is 11.3 Å². The van der Waals surface area contributed by atoms with Crippen LogP contribution in [-0.4, -0.2) is 38.8 Å². The predicted molar refractivity (Wildman–Crippen MR) is 82.1 cm³/mol. The zero-order valence-corrected chi connectivity index (χ0v) is 13.1. The minimum Gasteiger partial charge on any atom is -0.343 e. The molecule has 1 fully saturated rings. The maximum Gasteiger partial charge on any atom is 0.219 e. The van der Waals surface area contributed by atoms with Gasteiger partial charge in [-0.3, -0.25) is 14.8 Å². The van der Waals surface area contributed by atoms with Crippen molar-refractivity contribution >= 4 is 17.2 Å². The van der Waals surface area contributed by atoms with Crippen molar-refractivity contribution in [1.82, 2.24) is 19.9 Å². The molecular formula is C15H18N4OS. The Kier molecular flexibility index (Phi) is 3.96. The summed E-state index contributed by atoms with van der Waals surface area (Å²) in [5.41, 5.74) is 1.99. The predicted octanol–water partition coefficient (Wildman–Crippen LogP) is 2.63. The van der Waals surface area contributed by atoms with Gasteiger partial charge in [0.1, 0.15) is 5.69 Å². The number of aromatic nitrogens is 3. The van der Waals surface area contributed by atoms with Crippen LogP contribution in [0.25, 0.3) is 10.6 Å². The van der Waals surface area contributed by atoms with Crippen LogP contribution in [-0.2, 0) is 4.79 Å². The average Bonchev–Trinajstić information content (AvgIpc) is 2.94. The molecule has 3 rings (SSSR count). The molecule has 2 aromatic heterocycles. The van der Waals surface area contributed by atoms with Crippen molar-refractivity contribution in [3.05, 3.63) is 29.3 Å². The van der Waals surface area contributed by atoms with Gasteiger partial charge in [-0.2, -0.15) is 0 Å². The molecule has 1 amide bonds. The number of thiazole rings is 1. The number of nitrogens with zero attached hydrogens (tertiary/aromatic N) is 4. The Hall–Kier alpha value is -1.82. The number of rotatable bonds is 2. The van der Waals surface area contributed by atoms with E-state index in [-0.39, 0.29) is 5.91 Å². The summed E-state index contributed by atoms with van der Waals surface area (Å²) in [6.45, 7) is 5.24. The van der Waals surface area contributed by atoms with Gasteiger partial charge >= 0.3 is 0 Å². The fraction of sp³-hybridized carbons (Fsp3) is 0.467. The molecule has 0 saturated carbocycles. The molecule has 3 heterocycles. The third kappa shape index (κ3) is 2.95. The van der Waals surface area contributed by atoms with E-state index in [0.717, 1.165) is 47.2 Å². The molecule has 21 heavy (non-hydrogen) atoms. The number of hydrogen-bond acceptors (Lipinski definition) is 5. The fourth-order valence-corrected chi connectivity index (χ4v) is 3.56. The fourth-order valence-electron chi connectivity index (χ4n) is 2.78. The van der Waals surface area contributed by atoms with Crippen LogP contribution in [0, 0.1) is 6.92 Å². The minimum absolute atomic E-state index is 0.158. The van der Waals surface area contributed by atoms with Gasteiger partial charge in [0.05, 0.1) is 15.6 Å². The van der Waals surface area contributed by atoms with E-state index in [1.54, 1.807) is 30.7 Å². The highest BCUT2D eigenvalue weighted by molar-refractivity contribution is 7.15. The first-order valence-corrected chi connectivity index (χ1v) is 7.96. The van der Waals surface area contributed by atoms with Crippen LogP contribution in [0.5, 0.6) is 0 Å². The van der Waals surface area contributed by atoms with E-state index in [0.29, 0.717) is 5.92 Å². The summed E-state index contributed by atoms with van der Waals surface area (Å²) in [4.78, 5) is 27.8. The van der Waals surface area contributed by atoms with Gasteiger partial charge in [0.15, 0.2) is 0 Å². The largest absolute Gasteiger partial charge is 0.343 e. The molecule has 0 radical (unpaired) electrons. The summed E-state index contributed by atoms with van der Waals surface area (Å²) in [6, 6.07) is 0. The molecule has 0 unspecified atom stereocenters. The highest BCUT2D eigenvalue weighted by Crippen LogP contribution is 2.34. The van der Waals surface area contributed by atoms with Crippen LogP contribution < -0.4 is 0 Å². The maximum atomic E-state index is 11.4. The molecule has 0 bridgehead atoms. The topological polar surface area (TPSA) is 59.0 Å². The molecule has 5 nitrogen and oxygen atoms in total. The van der Waals surface area contributed by atoms with Gasteiger partial charge < -0.3 is 4.90 Å². The van der Waals surface area contributed by atoms with Gasteiger partial charge in [-0.05, 0) is 19.8 Å². The lowest BCUT2D eigenvalue weighted by Crippen LogP contribution is -2.36. The molecule has 0 spiro atoms. The Bertz CT molecular complexity index is 647. The number of amides is 1. The Morgan fingerprint density at radius 1 is 1.24 bits per heavy atom. The molecule has 0 aliphatic carbocycles. The molecule has 6 heteroatoms. The second kappa shape index (κ2) is 5.89. The lowest BCUT2D eigenvalue weighted by molar-refractivity contribution is -0.129. The van der Waals surface area contributed by atoms with Crippen LogP contribution in [0.15, 0.2) is 18.6 Å². The van der Waals surface area contributed by atoms with Crippen molar-refractivity contribution in [3.8, 4) is 10.6 Å².